The number of amides is 1. The quantitative estimate of drug-likeness (QED) is 0.562. The third-order valence-electron chi connectivity index (χ3n) is 2.64. The van der Waals surface area contributed by atoms with Crippen molar-refractivity contribution in [1.29, 1.82) is 0 Å². The van der Waals surface area contributed by atoms with Crippen LogP contribution >= 0.6 is 11.8 Å². The fourth-order valence-corrected chi connectivity index (χ4v) is 2.39. The van der Waals surface area contributed by atoms with Gasteiger partial charge in [-0.15, -0.1) is 11.8 Å². The van der Waals surface area contributed by atoms with Gasteiger partial charge >= 0.3 is 0 Å². The van der Waals surface area contributed by atoms with Crippen molar-refractivity contribution in [3.63, 3.8) is 0 Å². The lowest BCUT2D eigenvalue weighted by atomic mass is 10.2. The summed E-state index contributed by atoms with van der Waals surface area (Å²) in [4.78, 5) is 12.8. The molecule has 2 N–H and O–H groups in total. The van der Waals surface area contributed by atoms with Gasteiger partial charge in [0.05, 0.1) is 12.6 Å². The number of benzene rings is 1. The SMILES string of the molecule is CC[C@H](CO)NC(=O)CCCSc1ccccc1. The summed E-state index contributed by atoms with van der Waals surface area (Å²) in [6.45, 7) is 1.97. The molecule has 100 valence electrons. The van der Waals surface area contributed by atoms with Crippen molar-refractivity contribution in [1.82, 2.24) is 5.32 Å². The number of carbonyl (C=O) groups excluding carboxylic acids is 1. The predicted octanol–water partition coefficient (Wildman–Crippen LogP) is 2.45. The van der Waals surface area contributed by atoms with Gasteiger partial charge in [-0.05, 0) is 30.7 Å². The monoisotopic (exact) mass is 267 g/mol. The van der Waals surface area contributed by atoms with Crippen LogP contribution in [-0.2, 0) is 4.79 Å². The summed E-state index contributed by atoms with van der Waals surface area (Å²) in [6, 6.07) is 10.1. The first-order valence-electron chi connectivity index (χ1n) is 6.34. The second-order valence-corrected chi connectivity index (χ2v) is 5.29. The number of aliphatic hydroxyl groups is 1. The maximum atomic E-state index is 11.6. The molecule has 3 nitrogen and oxygen atoms in total. The van der Waals surface area contributed by atoms with Crippen LogP contribution in [0, 0.1) is 0 Å². The minimum atomic E-state index is -0.0979. The Morgan fingerprint density at radius 3 is 2.72 bits per heavy atom. The second-order valence-electron chi connectivity index (χ2n) is 4.12. The standard InChI is InChI=1S/C14H21NO2S/c1-2-12(11-16)15-14(17)9-6-10-18-13-7-4-3-5-8-13/h3-5,7-8,12,16H,2,6,9-11H2,1H3,(H,15,17)/t12-/m1/s1. The zero-order chi connectivity index (χ0) is 13.2. The lowest BCUT2D eigenvalue weighted by Gasteiger charge is -2.13. The highest BCUT2D eigenvalue weighted by Crippen LogP contribution is 2.18. The van der Waals surface area contributed by atoms with Crippen molar-refractivity contribution in [3.8, 4) is 0 Å². The highest BCUT2D eigenvalue weighted by molar-refractivity contribution is 7.99. The highest BCUT2D eigenvalue weighted by atomic mass is 32.2. The molecule has 1 atom stereocenters. The lowest BCUT2D eigenvalue weighted by Crippen LogP contribution is -2.36. The minimum absolute atomic E-state index is 0.0149. The van der Waals surface area contributed by atoms with Gasteiger partial charge in [-0.3, -0.25) is 4.79 Å². The molecule has 1 amide bonds. The number of hydrogen-bond donors (Lipinski definition) is 2. The molecule has 0 fully saturated rings. The molecule has 1 aromatic carbocycles. The van der Waals surface area contributed by atoms with Gasteiger partial charge < -0.3 is 10.4 Å². The molecule has 0 saturated carbocycles. The van der Waals surface area contributed by atoms with Crippen LogP contribution < -0.4 is 5.32 Å². The average Bonchev–Trinajstić information content (AvgIpc) is 2.42. The molecule has 1 aromatic rings. The van der Waals surface area contributed by atoms with Gasteiger partial charge in [-0.1, -0.05) is 25.1 Å². The fourth-order valence-electron chi connectivity index (χ4n) is 1.52. The molecule has 0 aliphatic heterocycles. The second kappa shape index (κ2) is 9.00. The van der Waals surface area contributed by atoms with Crippen molar-refractivity contribution in [2.24, 2.45) is 0 Å². The molecule has 0 aliphatic carbocycles. The molecule has 0 aromatic heterocycles. The van der Waals surface area contributed by atoms with Gasteiger partial charge in [-0.25, -0.2) is 0 Å². The average molecular weight is 267 g/mol. The molecule has 18 heavy (non-hydrogen) atoms. The first kappa shape index (κ1) is 15.1. The molecular weight excluding hydrogens is 246 g/mol. The molecule has 0 aliphatic rings. The Kier molecular flexibility index (Phi) is 7.53. The summed E-state index contributed by atoms with van der Waals surface area (Å²) >= 11 is 1.76. The van der Waals surface area contributed by atoms with Gasteiger partial charge in [0.15, 0.2) is 0 Å². The third-order valence-corrected chi connectivity index (χ3v) is 3.74. The van der Waals surface area contributed by atoms with E-state index in [1.54, 1.807) is 11.8 Å². The van der Waals surface area contributed by atoms with E-state index in [2.05, 4.69) is 17.4 Å². The molecule has 0 heterocycles. The molecule has 0 saturated heterocycles. The van der Waals surface area contributed by atoms with Crippen LogP contribution in [0.3, 0.4) is 0 Å². The minimum Gasteiger partial charge on any atom is -0.394 e. The van der Waals surface area contributed by atoms with Gasteiger partial charge in [-0.2, -0.15) is 0 Å². The van der Waals surface area contributed by atoms with Crippen molar-refractivity contribution < 1.29 is 9.90 Å². The van der Waals surface area contributed by atoms with Crippen LogP contribution in [-0.4, -0.2) is 29.4 Å². The third kappa shape index (κ3) is 6.07. The van der Waals surface area contributed by atoms with Gasteiger partial charge in [0.1, 0.15) is 0 Å². The van der Waals surface area contributed by atoms with Crippen LogP contribution in [0.4, 0.5) is 0 Å². The van der Waals surface area contributed by atoms with Gasteiger partial charge in [0.25, 0.3) is 0 Å². The maximum Gasteiger partial charge on any atom is 0.220 e. The Morgan fingerprint density at radius 2 is 2.11 bits per heavy atom. The van der Waals surface area contributed by atoms with Crippen molar-refractivity contribution >= 4 is 17.7 Å². The molecule has 0 radical (unpaired) electrons. The van der Waals surface area contributed by atoms with E-state index in [1.165, 1.54) is 4.90 Å². The largest absolute Gasteiger partial charge is 0.394 e. The molecule has 0 spiro atoms. The maximum absolute atomic E-state index is 11.6. The fraction of sp³-hybridized carbons (Fsp3) is 0.500. The molecule has 4 heteroatoms. The summed E-state index contributed by atoms with van der Waals surface area (Å²) in [5.41, 5.74) is 0. The Bertz CT molecular complexity index is 339. The number of carbonyl (C=O) groups is 1. The molecule has 0 bridgehead atoms. The highest BCUT2D eigenvalue weighted by Gasteiger charge is 2.08. The molecule has 1 rings (SSSR count). The number of aliphatic hydroxyl groups excluding tert-OH is 1. The van der Waals surface area contributed by atoms with Crippen LogP contribution in [0.5, 0.6) is 0 Å². The van der Waals surface area contributed by atoms with E-state index in [9.17, 15) is 4.79 Å². The summed E-state index contributed by atoms with van der Waals surface area (Å²) in [7, 11) is 0. The number of rotatable bonds is 8. The Balaban J connectivity index is 2.12. The number of nitrogens with one attached hydrogen (secondary N) is 1. The predicted molar refractivity (Wildman–Crippen MR) is 75.7 cm³/mol. The van der Waals surface area contributed by atoms with E-state index in [-0.39, 0.29) is 18.6 Å². The zero-order valence-electron chi connectivity index (χ0n) is 10.8. The van der Waals surface area contributed by atoms with E-state index >= 15 is 0 Å². The smallest absolute Gasteiger partial charge is 0.220 e. The summed E-state index contributed by atoms with van der Waals surface area (Å²) < 4.78 is 0. The first-order valence-corrected chi connectivity index (χ1v) is 7.33. The first-order chi connectivity index (χ1) is 8.76. The van der Waals surface area contributed by atoms with Crippen LogP contribution in [0.15, 0.2) is 35.2 Å². The molecular formula is C14H21NO2S. The number of thioether (sulfide) groups is 1. The lowest BCUT2D eigenvalue weighted by molar-refractivity contribution is -0.122. The van der Waals surface area contributed by atoms with Crippen molar-refractivity contribution in [2.75, 3.05) is 12.4 Å². The Morgan fingerprint density at radius 1 is 1.39 bits per heavy atom. The van der Waals surface area contributed by atoms with Gasteiger partial charge in [0.2, 0.25) is 5.91 Å². The Hall–Kier alpha value is -1.00. The number of hydrogen-bond acceptors (Lipinski definition) is 3. The van der Waals surface area contributed by atoms with E-state index in [1.807, 2.05) is 25.1 Å². The van der Waals surface area contributed by atoms with Crippen molar-refractivity contribution in [3.05, 3.63) is 30.3 Å². The summed E-state index contributed by atoms with van der Waals surface area (Å²) in [5.74, 6) is 0.970. The zero-order valence-corrected chi connectivity index (χ0v) is 11.6. The van der Waals surface area contributed by atoms with E-state index in [0.29, 0.717) is 6.42 Å². The van der Waals surface area contributed by atoms with Gasteiger partial charge in [0, 0.05) is 11.3 Å². The van der Waals surface area contributed by atoms with Crippen LogP contribution in [0.1, 0.15) is 26.2 Å². The topological polar surface area (TPSA) is 49.3 Å². The molecule has 0 unspecified atom stereocenters. The van der Waals surface area contributed by atoms with E-state index in [0.717, 1.165) is 18.6 Å². The normalized spacial score (nSPS) is 12.1. The van der Waals surface area contributed by atoms with Crippen LogP contribution in [0.2, 0.25) is 0 Å². The Labute approximate surface area is 113 Å². The summed E-state index contributed by atoms with van der Waals surface area (Å²) in [6.07, 6.45) is 2.14. The van der Waals surface area contributed by atoms with Crippen molar-refractivity contribution in [2.45, 2.75) is 37.1 Å². The van der Waals surface area contributed by atoms with E-state index < -0.39 is 0 Å². The summed E-state index contributed by atoms with van der Waals surface area (Å²) in [5, 5.41) is 11.8. The van der Waals surface area contributed by atoms with Crippen LogP contribution in [0.25, 0.3) is 0 Å². The van der Waals surface area contributed by atoms with E-state index in [4.69, 9.17) is 5.11 Å².